The minimum Gasteiger partial charge on any atom is -0.464 e. The van der Waals surface area contributed by atoms with Gasteiger partial charge in [0.1, 0.15) is 5.58 Å². The van der Waals surface area contributed by atoms with Crippen LogP contribution in [0.1, 0.15) is 38.4 Å². The molecule has 2 atom stereocenters. The van der Waals surface area contributed by atoms with Gasteiger partial charge >= 0.3 is 0 Å². The first-order valence-electron chi connectivity index (χ1n) is 7.57. The number of fused-ring (bicyclic) bond motifs is 1. The Morgan fingerprint density at radius 2 is 2.15 bits per heavy atom. The van der Waals surface area contributed by atoms with Crippen LogP contribution in [0.4, 0.5) is 0 Å². The molecule has 0 radical (unpaired) electrons. The van der Waals surface area contributed by atoms with Crippen molar-refractivity contribution in [2.24, 2.45) is 5.92 Å². The molecule has 20 heavy (non-hydrogen) atoms. The first kappa shape index (κ1) is 13.7. The van der Waals surface area contributed by atoms with Crippen LogP contribution in [-0.4, -0.2) is 19.2 Å². The molecular formula is C17H23NO2. The van der Waals surface area contributed by atoms with Crippen molar-refractivity contribution < 1.29 is 9.15 Å². The van der Waals surface area contributed by atoms with E-state index in [1.54, 1.807) is 0 Å². The minimum absolute atomic E-state index is 0.152. The van der Waals surface area contributed by atoms with E-state index in [0.29, 0.717) is 12.0 Å². The molecule has 3 rings (SSSR count). The second kappa shape index (κ2) is 5.98. The highest BCUT2D eigenvalue weighted by atomic mass is 16.5. The molecule has 2 unspecified atom stereocenters. The fourth-order valence-corrected chi connectivity index (χ4v) is 3.00. The van der Waals surface area contributed by atoms with Crippen LogP contribution in [0.2, 0.25) is 0 Å². The third-order valence-corrected chi connectivity index (χ3v) is 4.05. The van der Waals surface area contributed by atoms with Crippen LogP contribution in [0.3, 0.4) is 0 Å². The molecule has 3 heteroatoms. The zero-order chi connectivity index (χ0) is 13.9. The number of ether oxygens (including phenoxy) is 1. The predicted molar refractivity (Wildman–Crippen MR) is 80.8 cm³/mol. The number of benzene rings is 1. The van der Waals surface area contributed by atoms with E-state index in [4.69, 9.17) is 9.15 Å². The standard InChI is InChI=1S/C17H23NO2/c1-12(2)18-10-13-6-5-9-19-17(13)15-11-20-16-8-4-3-7-14(15)16/h3-4,7-8,11-13,17-18H,5-6,9-10H2,1-2H3. The summed E-state index contributed by atoms with van der Waals surface area (Å²) in [6.07, 6.45) is 4.39. The largest absolute Gasteiger partial charge is 0.464 e. The Hall–Kier alpha value is -1.32. The van der Waals surface area contributed by atoms with Crippen LogP contribution in [-0.2, 0) is 4.74 Å². The Labute approximate surface area is 120 Å². The molecule has 2 heterocycles. The summed E-state index contributed by atoms with van der Waals surface area (Å²) in [5.74, 6) is 0.521. The molecule has 3 nitrogen and oxygen atoms in total. The summed E-state index contributed by atoms with van der Waals surface area (Å²) in [7, 11) is 0. The van der Waals surface area contributed by atoms with E-state index in [9.17, 15) is 0 Å². The average molecular weight is 273 g/mol. The van der Waals surface area contributed by atoms with Gasteiger partial charge in [-0.2, -0.15) is 0 Å². The Morgan fingerprint density at radius 1 is 1.30 bits per heavy atom. The van der Waals surface area contributed by atoms with E-state index in [1.165, 1.54) is 17.4 Å². The number of rotatable bonds is 4. The SMILES string of the molecule is CC(C)NCC1CCCOC1c1coc2ccccc12. The molecule has 1 saturated heterocycles. The smallest absolute Gasteiger partial charge is 0.134 e. The molecule has 2 aromatic rings. The van der Waals surface area contributed by atoms with Gasteiger partial charge in [-0.3, -0.25) is 0 Å². The molecular weight excluding hydrogens is 250 g/mol. The summed E-state index contributed by atoms with van der Waals surface area (Å²) in [5.41, 5.74) is 2.16. The Morgan fingerprint density at radius 3 is 3.00 bits per heavy atom. The Balaban J connectivity index is 1.85. The van der Waals surface area contributed by atoms with Gasteiger partial charge in [0.05, 0.1) is 12.4 Å². The van der Waals surface area contributed by atoms with Gasteiger partial charge in [0.25, 0.3) is 0 Å². The molecule has 1 aliphatic heterocycles. The summed E-state index contributed by atoms with van der Waals surface area (Å²) in [4.78, 5) is 0. The van der Waals surface area contributed by atoms with Crippen molar-refractivity contribution >= 4 is 11.0 Å². The minimum atomic E-state index is 0.152. The molecule has 108 valence electrons. The van der Waals surface area contributed by atoms with E-state index in [-0.39, 0.29) is 6.10 Å². The lowest BCUT2D eigenvalue weighted by atomic mass is 9.89. The van der Waals surface area contributed by atoms with Crippen LogP contribution in [0, 0.1) is 5.92 Å². The maximum Gasteiger partial charge on any atom is 0.134 e. The van der Waals surface area contributed by atoms with Gasteiger partial charge in [0, 0.05) is 36.1 Å². The quantitative estimate of drug-likeness (QED) is 0.917. The monoisotopic (exact) mass is 273 g/mol. The van der Waals surface area contributed by atoms with Crippen molar-refractivity contribution in [3.63, 3.8) is 0 Å². The van der Waals surface area contributed by atoms with E-state index in [0.717, 1.165) is 25.2 Å². The molecule has 0 aliphatic carbocycles. The number of hydrogen-bond acceptors (Lipinski definition) is 3. The van der Waals surface area contributed by atoms with Gasteiger partial charge < -0.3 is 14.5 Å². The summed E-state index contributed by atoms with van der Waals surface area (Å²) >= 11 is 0. The molecule has 1 N–H and O–H groups in total. The third kappa shape index (κ3) is 2.74. The van der Waals surface area contributed by atoms with E-state index in [2.05, 4.69) is 31.3 Å². The summed E-state index contributed by atoms with van der Waals surface area (Å²) in [6.45, 7) is 6.22. The van der Waals surface area contributed by atoms with Crippen LogP contribution in [0.15, 0.2) is 34.9 Å². The first-order valence-corrected chi connectivity index (χ1v) is 7.57. The zero-order valence-corrected chi connectivity index (χ0v) is 12.3. The third-order valence-electron chi connectivity index (χ3n) is 4.05. The fraction of sp³-hybridized carbons (Fsp3) is 0.529. The topological polar surface area (TPSA) is 34.4 Å². The van der Waals surface area contributed by atoms with E-state index < -0.39 is 0 Å². The van der Waals surface area contributed by atoms with Gasteiger partial charge in [-0.15, -0.1) is 0 Å². The zero-order valence-electron chi connectivity index (χ0n) is 12.3. The van der Waals surface area contributed by atoms with Gasteiger partial charge in [-0.1, -0.05) is 32.0 Å². The van der Waals surface area contributed by atoms with Crippen molar-refractivity contribution in [3.05, 3.63) is 36.1 Å². The number of nitrogens with one attached hydrogen (secondary N) is 1. The maximum absolute atomic E-state index is 6.08. The number of hydrogen-bond donors (Lipinski definition) is 1. The van der Waals surface area contributed by atoms with E-state index in [1.807, 2.05) is 18.4 Å². The number of para-hydroxylation sites is 1. The van der Waals surface area contributed by atoms with Crippen molar-refractivity contribution in [1.29, 1.82) is 0 Å². The van der Waals surface area contributed by atoms with Gasteiger partial charge in [-0.05, 0) is 18.9 Å². The molecule has 1 aromatic heterocycles. The lowest BCUT2D eigenvalue weighted by molar-refractivity contribution is -0.0277. The summed E-state index contributed by atoms with van der Waals surface area (Å²) in [6, 6.07) is 8.72. The highest BCUT2D eigenvalue weighted by molar-refractivity contribution is 5.81. The van der Waals surface area contributed by atoms with Crippen molar-refractivity contribution in [3.8, 4) is 0 Å². The average Bonchev–Trinajstić information content (AvgIpc) is 2.89. The lowest BCUT2D eigenvalue weighted by Crippen LogP contribution is -2.34. The van der Waals surface area contributed by atoms with Gasteiger partial charge in [0.15, 0.2) is 0 Å². The molecule has 0 saturated carbocycles. The van der Waals surface area contributed by atoms with Crippen LogP contribution in [0.25, 0.3) is 11.0 Å². The normalized spacial score (nSPS) is 23.6. The molecule has 1 aromatic carbocycles. The van der Waals surface area contributed by atoms with Crippen molar-refractivity contribution in [2.75, 3.05) is 13.2 Å². The molecule has 0 bridgehead atoms. The van der Waals surface area contributed by atoms with Crippen molar-refractivity contribution in [1.82, 2.24) is 5.32 Å². The van der Waals surface area contributed by atoms with Gasteiger partial charge in [0.2, 0.25) is 0 Å². The second-order valence-corrected chi connectivity index (χ2v) is 5.94. The molecule has 1 aliphatic rings. The van der Waals surface area contributed by atoms with Crippen LogP contribution >= 0.6 is 0 Å². The van der Waals surface area contributed by atoms with E-state index >= 15 is 0 Å². The Bertz CT molecular complexity index is 561. The Kier molecular flexibility index (Phi) is 4.08. The van der Waals surface area contributed by atoms with Crippen molar-refractivity contribution in [2.45, 2.75) is 38.8 Å². The maximum atomic E-state index is 6.08. The van der Waals surface area contributed by atoms with Crippen LogP contribution < -0.4 is 5.32 Å². The summed E-state index contributed by atoms with van der Waals surface area (Å²) in [5, 5.41) is 4.73. The van der Waals surface area contributed by atoms with Gasteiger partial charge in [-0.25, -0.2) is 0 Å². The number of furan rings is 1. The first-order chi connectivity index (χ1) is 9.75. The molecule has 0 amide bonds. The summed E-state index contributed by atoms with van der Waals surface area (Å²) < 4.78 is 11.8. The second-order valence-electron chi connectivity index (χ2n) is 5.94. The fourth-order valence-electron chi connectivity index (χ4n) is 3.00. The highest BCUT2D eigenvalue weighted by Gasteiger charge is 2.29. The van der Waals surface area contributed by atoms with Crippen LogP contribution in [0.5, 0.6) is 0 Å². The molecule has 1 fully saturated rings. The highest BCUT2D eigenvalue weighted by Crippen LogP contribution is 2.37. The predicted octanol–water partition coefficient (Wildman–Crippen LogP) is 3.90. The molecule has 0 spiro atoms. The lowest BCUT2D eigenvalue weighted by Gasteiger charge is -2.32.